The maximum absolute atomic E-state index is 13.6. The van der Waals surface area contributed by atoms with E-state index in [1.54, 1.807) is 23.2 Å². The minimum Gasteiger partial charge on any atom is -0.464 e. The lowest BCUT2D eigenvalue weighted by molar-refractivity contribution is -0.166. The van der Waals surface area contributed by atoms with Gasteiger partial charge in [0, 0.05) is 53.2 Å². The molecule has 0 saturated carbocycles. The number of piperidine rings is 1. The Labute approximate surface area is 308 Å². The van der Waals surface area contributed by atoms with Gasteiger partial charge in [-0.25, -0.2) is 14.6 Å². The zero-order valence-electron chi connectivity index (χ0n) is 30.9. The highest BCUT2D eigenvalue weighted by Gasteiger charge is 2.34. The molecule has 0 radical (unpaired) electrons. The van der Waals surface area contributed by atoms with Crippen molar-refractivity contribution in [2.75, 3.05) is 19.7 Å². The molecule has 0 aliphatic carbocycles. The number of hydrogen-bond acceptors (Lipinski definition) is 8. The van der Waals surface area contributed by atoms with E-state index in [0.29, 0.717) is 18.1 Å². The summed E-state index contributed by atoms with van der Waals surface area (Å²) in [4.78, 5) is 33.2. The van der Waals surface area contributed by atoms with Gasteiger partial charge in [-0.3, -0.25) is 4.68 Å². The van der Waals surface area contributed by atoms with Crippen molar-refractivity contribution in [2.45, 2.75) is 91.5 Å². The highest BCUT2D eigenvalue weighted by Crippen LogP contribution is 2.45. The van der Waals surface area contributed by atoms with E-state index in [0.717, 1.165) is 72.5 Å². The molecule has 6 rings (SSSR count). The van der Waals surface area contributed by atoms with Gasteiger partial charge in [-0.2, -0.15) is 5.10 Å². The van der Waals surface area contributed by atoms with E-state index in [2.05, 4.69) is 18.2 Å². The molecule has 1 aliphatic rings. The van der Waals surface area contributed by atoms with E-state index in [1.807, 2.05) is 90.5 Å². The summed E-state index contributed by atoms with van der Waals surface area (Å²) in [6.07, 6.45) is 0.407. The third kappa shape index (κ3) is 7.93. The molecule has 2 aromatic heterocycles. The standard InChI is InChI=1S/C40H47ClN4O5S/c1-10-48-37(46)34(49-39(3,4)5)31-23(2)21-29-35(32(31)24-11-14-27(41)15-12-24)51-36(42-29)26-13-16-30-28(22-26)33(43-44(30)9)25-17-19-45(20-18-25)38(47)50-40(6,7)8/h11-16,21-22,25,34H,10,17-20H2,1-9H3/t34-/m0/s1. The summed E-state index contributed by atoms with van der Waals surface area (Å²) in [5.41, 5.74) is 6.19. The lowest BCUT2D eigenvalue weighted by Crippen LogP contribution is -2.41. The van der Waals surface area contributed by atoms with Gasteiger partial charge in [0.2, 0.25) is 0 Å². The highest BCUT2D eigenvalue weighted by atomic mass is 35.5. The molecule has 9 nitrogen and oxygen atoms in total. The summed E-state index contributed by atoms with van der Waals surface area (Å²) in [7, 11) is 1.97. The van der Waals surface area contributed by atoms with Crippen molar-refractivity contribution in [1.29, 1.82) is 0 Å². The third-order valence-electron chi connectivity index (χ3n) is 8.95. The number of thiazole rings is 1. The number of amides is 1. The van der Waals surface area contributed by atoms with Gasteiger partial charge in [0.05, 0.1) is 33.6 Å². The van der Waals surface area contributed by atoms with Gasteiger partial charge in [-0.1, -0.05) is 23.7 Å². The van der Waals surface area contributed by atoms with Crippen LogP contribution >= 0.6 is 22.9 Å². The van der Waals surface area contributed by atoms with Gasteiger partial charge in [0.1, 0.15) is 10.6 Å². The Morgan fingerprint density at radius 2 is 1.65 bits per heavy atom. The van der Waals surface area contributed by atoms with E-state index in [-0.39, 0.29) is 18.6 Å². The molecule has 1 saturated heterocycles. The fourth-order valence-corrected chi connectivity index (χ4v) is 8.01. The van der Waals surface area contributed by atoms with Crippen LogP contribution in [0.1, 0.15) is 90.2 Å². The summed E-state index contributed by atoms with van der Waals surface area (Å²) < 4.78 is 20.5. The molecule has 0 unspecified atom stereocenters. The number of halogens is 1. The van der Waals surface area contributed by atoms with Crippen molar-refractivity contribution >= 4 is 56.1 Å². The van der Waals surface area contributed by atoms with Crippen LogP contribution in [0.25, 0.3) is 42.8 Å². The number of nitrogens with zero attached hydrogens (tertiary/aromatic N) is 4. The average molecular weight is 731 g/mol. The Morgan fingerprint density at radius 1 is 0.980 bits per heavy atom. The second-order valence-electron chi connectivity index (χ2n) is 15.2. The number of hydrogen-bond donors (Lipinski definition) is 0. The molecular formula is C40H47ClN4O5S. The molecule has 51 heavy (non-hydrogen) atoms. The zero-order valence-corrected chi connectivity index (χ0v) is 32.5. The predicted molar refractivity (Wildman–Crippen MR) is 205 cm³/mol. The molecule has 0 spiro atoms. The summed E-state index contributed by atoms with van der Waals surface area (Å²) >= 11 is 7.92. The largest absolute Gasteiger partial charge is 0.464 e. The van der Waals surface area contributed by atoms with Gasteiger partial charge in [0.25, 0.3) is 0 Å². The van der Waals surface area contributed by atoms with Gasteiger partial charge in [-0.15, -0.1) is 11.3 Å². The predicted octanol–water partition coefficient (Wildman–Crippen LogP) is 10.0. The number of likely N-dealkylation sites (tertiary alicyclic amines) is 1. The topological polar surface area (TPSA) is 95.8 Å². The quantitative estimate of drug-likeness (QED) is 0.154. The Bertz CT molecular complexity index is 2080. The van der Waals surface area contributed by atoms with Crippen LogP contribution in [-0.2, 0) is 26.1 Å². The second-order valence-corrected chi connectivity index (χ2v) is 16.6. The van der Waals surface area contributed by atoms with E-state index >= 15 is 0 Å². The Kier molecular flexibility index (Phi) is 10.2. The minimum absolute atomic E-state index is 0.211. The number of rotatable bonds is 7. The SMILES string of the molecule is CCOC(=O)[C@@H](OC(C)(C)C)c1c(C)cc2nc(-c3ccc4c(c3)c(C3CCN(C(=O)OC(C)(C)C)CC3)nn4C)sc2c1-c1ccc(Cl)cc1. The highest BCUT2D eigenvalue weighted by molar-refractivity contribution is 7.22. The number of aryl methyl sites for hydroxylation is 2. The van der Waals surface area contributed by atoms with Crippen molar-refractivity contribution < 1.29 is 23.8 Å². The van der Waals surface area contributed by atoms with Crippen LogP contribution < -0.4 is 0 Å². The first kappa shape index (κ1) is 36.8. The number of benzene rings is 3. The molecule has 270 valence electrons. The monoisotopic (exact) mass is 730 g/mol. The Balaban J connectivity index is 1.43. The number of ether oxygens (including phenoxy) is 3. The van der Waals surface area contributed by atoms with Gasteiger partial charge in [0.15, 0.2) is 6.10 Å². The smallest absolute Gasteiger partial charge is 0.410 e. The fraction of sp³-hybridized carbons (Fsp3) is 0.450. The molecular weight excluding hydrogens is 684 g/mol. The second kappa shape index (κ2) is 14.2. The van der Waals surface area contributed by atoms with Crippen LogP contribution in [0.5, 0.6) is 0 Å². The summed E-state index contributed by atoms with van der Waals surface area (Å²) in [6, 6.07) is 16.1. The third-order valence-corrected chi connectivity index (χ3v) is 10.3. The number of carbonyl (C=O) groups excluding carboxylic acids is 2. The van der Waals surface area contributed by atoms with Crippen molar-refractivity contribution in [3.63, 3.8) is 0 Å². The molecule has 3 aromatic carbocycles. The van der Waals surface area contributed by atoms with Crippen LogP contribution in [-0.4, -0.2) is 62.6 Å². The molecule has 1 atom stereocenters. The molecule has 0 N–H and O–H groups in total. The van der Waals surface area contributed by atoms with E-state index in [4.69, 9.17) is 35.9 Å². The molecule has 11 heteroatoms. The zero-order chi connectivity index (χ0) is 36.8. The van der Waals surface area contributed by atoms with Gasteiger partial charge >= 0.3 is 12.1 Å². The maximum Gasteiger partial charge on any atom is 0.410 e. The number of carbonyl (C=O) groups is 2. The average Bonchev–Trinajstić information content (AvgIpc) is 3.63. The van der Waals surface area contributed by atoms with Crippen LogP contribution in [0.4, 0.5) is 4.79 Å². The Morgan fingerprint density at radius 3 is 2.27 bits per heavy atom. The number of esters is 1. The molecule has 1 fully saturated rings. The van der Waals surface area contributed by atoms with Crippen molar-refractivity contribution in [2.24, 2.45) is 7.05 Å². The summed E-state index contributed by atoms with van der Waals surface area (Å²) in [6.45, 7) is 16.8. The first-order valence-corrected chi connectivity index (χ1v) is 18.7. The summed E-state index contributed by atoms with van der Waals surface area (Å²) in [5.74, 6) is -0.219. The fourth-order valence-electron chi connectivity index (χ4n) is 6.76. The molecule has 5 aromatic rings. The molecule has 3 heterocycles. The van der Waals surface area contributed by atoms with Crippen molar-refractivity contribution in [1.82, 2.24) is 19.7 Å². The van der Waals surface area contributed by atoms with Gasteiger partial charge < -0.3 is 19.1 Å². The van der Waals surface area contributed by atoms with E-state index < -0.39 is 23.3 Å². The summed E-state index contributed by atoms with van der Waals surface area (Å²) in [5, 5.41) is 7.55. The number of aromatic nitrogens is 3. The lowest BCUT2D eigenvalue weighted by Gasteiger charge is -2.33. The van der Waals surface area contributed by atoms with E-state index in [1.165, 1.54) is 0 Å². The van der Waals surface area contributed by atoms with Gasteiger partial charge in [-0.05, 0) is 116 Å². The normalized spacial score (nSPS) is 15.1. The van der Waals surface area contributed by atoms with Crippen molar-refractivity contribution in [3.05, 3.63) is 70.4 Å². The minimum atomic E-state index is -0.943. The number of fused-ring (bicyclic) bond motifs is 2. The van der Waals surface area contributed by atoms with Crippen LogP contribution in [0.3, 0.4) is 0 Å². The lowest BCUT2D eigenvalue weighted by atomic mass is 9.91. The first-order valence-electron chi connectivity index (χ1n) is 17.5. The maximum atomic E-state index is 13.6. The van der Waals surface area contributed by atoms with Crippen molar-refractivity contribution in [3.8, 4) is 21.7 Å². The molecule has 1 aliphatic heterocycles. The van der Waals surface area contributed by atoms with Crippen LogP contribution in [0.15, 0.2) is 48.5 Å². The molecule has 0 bridgehead atoms. The Hall–Kier alpha value is -3.99. The van der Waals surface area contributed by atoms with Crippen LogP contribution in [0.2, 0.25) is 5.02 Å². The van der Waals surface area contributed by atoms with Crippen LogP contribution in [0, 0.1) is 6.92 Å². The first-order chi connectivity index (χ1) is 24.0. The van der Waals surface area contributed by atoms with E-state index in [9.17, 15) is 9.59 Å². The molecule has 1 amide bonds.